The van der Waals surface area contributed by atoms with Gasteiger partial charge in [-0.1, -0.05) is 48.0 Å². The van der Waals surface area contributed by atoms with Crippen LogP contribution in [-0.2, 0) is 25.4 Å². The lowest BCUT2D eigenvalue weighted by molar-refractivity contribution is -0.0281. The molecule has 0 radical (unpaired) electrons. The lowest BCUT2D eigenvalue weighted by Gasteiger charge is -2.28. The van der Waals surface area contributed by atoms with Gasteiger partial charge in [-0.15, -0.1) is 0 Å². The SMILES string of the molecule is COc1nc(-c2cccc(-c3cccc(NC(=O)c4cn(C)c(=O)n(C)c4=O)c3C)c2Cl)ccc1CN[C@@H]1CCOC[C@@H]1O. The summed E-state index contributed by atoms with van der Waals surface area (Å²) in [5, 5.41) is 16.8. The molecule has 2 aromatic carbocycles. The van der Waals surface area contributed by atoms with Gasteiger partial charge in [-0.2, -0.15) is 0 Å². The molecule has 2 aromatic heterocycles. The molecule has 44 heavy (non-hydrogen) atoms. The van der Waals surface area contributed by atoms with Crippen LogP contribution in [-0.4, -0.2) is 57.6 Å². The molecule has 1 amide bonds. The van der Waals surface area contributed by atoms with Gasteiger partial charge >= 0.3 is 5.69 Å². The van der Waals surface area contributed by atoms with Crippen molar-refractivity contribution < 1.29 is 19.4 Å². The summed E-state index contributed by atoms with van der Waals surface area (Å²) in [7, 11) is 4.37. The average Bonchev–Trinajstić information content (AvgIpc) is 3.02. The van der Waals surface area contributed by atoms with E-state index in [1.54, 1.807) is 19.2 Å². The first-order chi connectivity index (χ1) is 21.1. The number of aliphatic hydroxyl groups excluding tert-OH is 1. The van der Waals surface area contributed by atoms with Crippen molar-refractivity contribution in [2.75, 3.05) is 25.6 Å². The lowest BCUT2D eigenvalue weighted by Crippen LogP contribution is -2.46. The smallest absolute Gasteiger partial charge is 0.330 e. The first-order valence-electron chi connectivity index (χ1n) is 14.1. The Kier molecular flexibility index (Phi) is 9.31. The van der Waals surface area contributed by atoms with Crippen molar-refractivity contribution in [1.82, 2.24) is 19.4 Å². The summed E-state index contributed by atoms with van der Waals surface area (Å²) in [5.41, 5.74) is 3.56. The van der Waals surface area contributed by atoms with Crippen LogP contribution in [0.4, 0.5) is 5.69 Å². The van der Waals surface area contributed by atoms with E-state index in [1.165, 1.54) is 24.9 Å². The molecule has 0 aliphatic carbocycles. The molecule has 4 aromatic rings. The molecule has 1 fully saturated rings. The van der Waals surface area contributed by atoms with Crippen LogP contribution in [0.1, 0.15) is 27.9 Å². The summed E-state index contributed by atoms with van der Waals surface area (Å²) < 4.78 is 13.0. The highest BCUT2D eigenvalue weighted by molar-refractivity contribution is 6.36. The third-order valence-corrected chi connectivity index (χ3v) is 8.26. The normalized spacial score (nSPS) is 16.5. The average molecular weight is 620 g/mol. The molecule has 0 unspecified atom stereocenters. The fourth-order valence-electron chi connectivity index (χ4n) is 5.29. The Balaban J connectivity index is 1.42. The fourth-order valence-corrected chi connectivity index (χ4v) is 5.61. The number of benzene rings is 2. The first-order valence-corrected chi connectivity index (χ1v) is 14.5. The van der Waals surface area contributed by atoms with Crippen molar-refractivity contribution in [2.24, 2.45) is 14.1 Å². The number of aliphatic hydroxyl groups is 1. The number of carbonyl (C=O) groups is 1. The zero-order valence-electron chi connectivity index (χ0n) is 24.9. The maximum atomic E-state index is 13.1. The second-order valence-electron chi connectivity index (χ2n) is 10.7. The Morgan fingerprint density at radius 1 is 1.11 bits per heavy atom. The van der Waals surface area contributed by atoms with Crippen LogP contribution in [0.25, 0.3) is 22.4 Å². The van der Waals surface area contributed by atoms with Crippen LogP contribution in [0.3, 0.4) is 0 Å². The molecule has 3 N–H and O–H groups in total. The molecule has 12 heteroatoms. The number of anilines is 1. The van der Waals surface area contributed by atoms with Gasteiger partial charge in [0.2, 0.25) is 5.88 Å². The van der Waals surface area contributed by atoms with E-state index in [9.17, 15) is 19.5 Å². The Bertz CT molecular complexity index is 1840. The van der Waals surface area contributed by atoms with Gasteiger partial charge in [0.25, 0.3) is 11.5 Å². The van der Waals surface area contributed by atoms with Crippen LogP contribution in [0.2, 0.25) is 5.02 Å². The molecule has 0 bridgehead atoms. The summed E-state index contributed by atoms with van der Waals surface area (Å²) in [6.07, 6.45) is 1.38. The predicted molar refractivity (Wildman–Crippen MR) is 168 cm³/mol. The topological polar surface area (TPSA) is 137 Å². The minimum atomic E-state index is -0.680. The summed E-state index contributed by atoms with van der Waals surface area (Å²) >= 11 is 6.99. The molecule has 0 saturated carbocycles. The molecule has 1 aliphatic rings. The van der Waals surface area contributed by atoms with Gasteiger partial charge in [0.15, 0.2) is 0 Å². The van der Waals surface area contributed by atoms with Gasteiger partial charge in [-0.3, -0.25) is 14.2 Å². The number of carbonyl (C=O) groups excluding carboxylic acids is 1. The Morgan fingerprint density at radius 3 is 2.59 bits per heavy atom. The number of nitrogens with one attached hydrogen (secondary N) is 2. The van der Waals surface area contributed by atoms with E-state index < -0.39 is 23.3 Å². The van der Waals surface area contributed by atoms with Crippen molar-refractivity contribution in [3.63, 3.8) is 0 Å². The summed E-state index contributed by atoms with van der Waals surface area (Å²) in [4.78, 5) is 42.5. The number of aromatic nitrogens is 3. The van der Waals surface area contributed by atoms with E-state index in [2.05, 4.69) is 10.6 Å². The van der Waals surface area contributed by atoms with Gasteiger partial charge in [-0.25, -0.2) is 9.78 Å². The number of pyridine rings is 1. The number of hydrogen-bond donors (Lipinski definition) is 3. The molecule has 1 saturated heterocycles. The maximum absolute atomic E-state index is 13.1. The van der Waals surface area contributed by atoms with Gasteiger partial charge in [0, 0.05) is 61.9 Å². The second-order valence-corrected chi connectivity index (χ2v) is 11.1. The first kappa shape index (κ1) is 31.1. The number of nitrogens with zero attached hydrogens (tertiary/aromatic N) is 3. The van der Waals surface area contributed by atoms with Crippen molar-refractivity contribution in [3.05, 3.63) is 97.3 Å². The number of hydrogen-bond acceptors (Lipinski definition) is 8. The van der Waals surface area contributed by atoms with E-state index in [0.29, 0.717) is 54.0 Å². The predicted octanol–water partition coefficient (Wildman–Crippen LogP) is 3.28. The van der Waals surface area contributed by atoms with Gasteiger partial charge in [0.1, 0.15) is 5.56 Å². The number of methoxy groups -OCH3 is 1. The Hall–Kier alpha value is -4.29. The van der Waals surface area contributed by atoms with Crippen molar-refractivity contribution >= 4 is 23.2 Å². The highest BCUT2D eigenvalue weighted by Crippen LogP contribution is 2.39. The van der Waals surface area contributed by atoms with Crippen molar-refractivity contribution in [1.29, 1.82) is 0 Å². The van der Waals surface area contributed by atoms with Gasteiger partial charge in [-0.05, 0) is 36.6 Å². The van der Waals surface area contributed by atoms with E-state index in [0.717, 1.165) is 26.8 Å². The molecule has 3 heterocycles. The zero-order valence-corrected chi connectivity index (χ0v) is 25.6. The number of amides is 1. The van der Waals surface area contributed by atoms with E-state index in [4.69, 9.17) is 26.1 Å². The number of rotatable bonds is 8. The molecule has 0 spiro atoms. The van der Waals surface area contributed by atoms with Gasteiger partial charge in [0.05, 0.1) is 30.5 Å². The number of ether oxygens (including phenoxy) is 2. The summed E-state index contributed by atoms with van der Waals surface area (Å²) in [5.74, 6) is -0.179. The van der Waals surface area contributed by atoms with Crippen LogP contribution in [0, 0.1) is 6.92 Å². The number of halogens is 1. The zero-order chi connectivity index (χ0) is 31.5. The quantitative estimate of drug-likeness (QED) is 0.273. The van der Waals surface area contributed by atoms with Gasteiger partial charge < -0.3 is 29.8 Å². The molecule has 2 atom stereocenters. The standard InChI is InChI=1S/C32H34ClN5O6/c1-18-20(7-6-10-24(18)35-29(40)23-16-37(2)32(42)38(3)31(23)41)21-8-5-9-22(28(21)33)25-12-11-19(30(36-25)43-4)15-34-26-13-14-44-17-27(26)39/h5-12,16,26-27,34,39H,13-15,17H2,1-4H3,(H,35,40)/t26-,27+/m1/s1. The fraction of sp³-hybridized carbons (Fsp3) is 0.312. The lowest BCUT2D eigenvalue weighted by atomic mass is 9.96. The minimum Gasteiger partial charge on any atom is -0.481 e. The third-order valence-electron chi connectivity index (χ3n) is 7.85. The molecule has 5 rings (SSSR count). The van der Waals surface area contributed by atoms with E-state index >= 15 is 0 Å². The Morgan fingerprint density at radius 2 is 1.84 bits per heavy atom. The molecule has 1 aliphatic heterocycles. The maximum Gasteiger partial charge on any atom is 0.330 e. The summed E-state index contributed by atoms with van der Waals surface area (Å²) in [6.45, 7) is 3.23. The van der Waals surface area contributed by atoms with Crippen LogP contribution in [0.15, 0.2) is 64.3 Å². The van der Waals surface area contributed by atoms with E-state index in [1.807, 2.05) is 43.3 Å². The van der Waals surface area contributed by atoms with Crippen LogP contribution < -0.4 is 26.6 Å². The van der Waals surface area contributed by atoms with Crippen LogP contribution >= 0.6 is 11.6 Å². The second kappa shape index (κ2) is 13.1. The molecular formula is C32H34ClN5O6. The van der Waals surface area contributed by atoms with Crippen molar-refractivity contribution in [2.45, 2.75) is 32.0 Å². The number of aryl methyl sites for hydroxylation is 1. The van der Waals surface area contributed by atoms with Crippen LogP contribution in [0.5, 0.6) is 5.88 Å². The highest BCUT2D eigenvalue weighted by Gasteiger charge is 2.24. The largest absolute Gasteiger partial charge is 0.481 e. The highest BCUT2D eigenvalue weighted by atomic mass is 35.5. The van der Waals surface area contributed by atoms with Crippen molar-refractivity contribution in [3.8, 4) is 28.3 Å². The molecule has 230 valence electrons. The minimum absolute atomic E-state index is 0.0743. The third kappa shape index (κ3) is 6.18. The summed E-state index contributed by atoms with van der Waals surface area (Å²) in [6, 6.07) is 14.8. The monoisotopic (exact) mass is 619 g/mol. The van der Waals surface area contributed by atoms with E-state index in [-0.39, 0.29) is 11.6 Å². The Labute approximate surface area is 259 Å². The molecule has 11 nitrogen and oxygen atoms in total. The molecular weight excluding hydrogens is 586 g/mol.